The van der Waals surface area contributed by atoms with Gasteiger partial charge in [-0.1, -0.05) is 30.3 Å². The van der Waals surface area contributed by atoms with Crippen molar-refractivity contribution in [2.45, 2.75) is 6.42 Å². The summed E-state index contributed by atoms with van der Waals surface area (Å²) in [5, 5.41) is 8.78. The van der Waals surface area contributed by atoms with Crippen LogP contribution in [0, 0.1) is 0 Å². The topological polar surface area (TPSA) is 65.1 Å². The average Bonchev–Trinajstić information content (AvgIpc) is 3.13. The molecule has 1 fully saturated rings. The fourth-order valence-electron chi connectivity index (χ4n) is 3.24. The van der Waals surface area contributed by atoms with E-state index in [0.29, 0.717) is 12.2 Å². The second-order valence-electron chi connectivity index (χ2n) is 6.36. The van der Waals surface area contributed by atoms with Gasteiger partial charge >= 0.3 is 0 Å². The lowest BCUT2D eigenvalue weighted by Gasteiger charge is -2.22. The minimum absolute atomic E-state index is 0.0577. The maximum absolute atomic E-state index is 12.5. The number of hydrogen-bond donors (Lipinski definition) is 1. The number of H-pyrrole nitrogens is 1. The number of carbonyl (C=O) groups is 1. The molecule has 0 spiro atoms. The van der Waals surface area contributed by atoms with Gasteiger partial charge in [-0.15, -0.1) is 10.2 Å². The molecule has 26 heavy (non-hydrogen) atoms. The summed E-state index contributed by atoms with van der Waals surface area (Å²) in [6, 6.07) is 17.7. The number of hydrogen-bond acceptors (Lipinski definition) is 4. The molecule has 1 N–H and O–H groups in total. The van der Waals surface area contributed by atoms with Crippen LogP contribution < -0.4 is 4.90 Å². The fraction of sp³-hybridized carbons (Fsp3) is 0.250. The first-order valence-electron chi connectivity index (χ1n) is 8.88. The number of aromatic amines is 1. The molecule has 1 aliphatic heterocycles. The summed E-state index contributed by atoms with van der Waals surface area (Å²) in [5.74, 6) is 0.918. The number of amides is 1. The number of nitrogens with zero attached hydrogens (tertiary/aromatic N) is 4. The van der Waals surface area contributed by atoms with Crippen LogP contribution in [0.25, 0.3) is 11.3 Å². The van der Waals surface area contributed by atoms with Crippen LogP contribution in [0.3, 0.4) is 0 Å². The van der Waals surface area contributed by atoms with E-state index >= 15 is 0 Å². The summed E-state index contributed by atoms with van der Waals surface area (Å²) in [5.41, 5.74) is 2.57. The van der Waals surface area contributed by atoms with E-state index in [0.717, 1.165) is 43.1 Å². The van der Waals surface area contributed by atoms with E-state index in [1.165, 1.54) is 0 Å². The van der Waals surface area contributed by atoms with E-state index in [2.05, 4.69) is 20.1 Å². The number of carbonyl (C=O) groups excluding carboxylic acids is 1. The predicted octanol–water partition coefficient (Wildman–Crippen LogP) is 2.82. The quantitative estimate of drug-likeness (QED) is 0.791. The minimum atomic E-state index is 0.0577. The van der Waals surface area contributed by atoms with Gasteiger partial charge in [0.25, 0.3) is 5.91 Å². The Morgan fingerprint density at radius 2 is 1.77 bits per heavy atom. The highest BCUT2D eigenvalue weighted by Crippen LogP contribution is 2.19. The van der Waals surface area contributed by atoms with Gasteiger partial charge < -0.3 is 14.8 Å². The molecule has 132 valence electrons. The average molecular weight is 347 g/mol. The summed E-state index contributed by atoms with van der Waals surface area (Å²) in [6.45, 7) is 3.06. The summed E-state index contributed by atoms with van der Waals surface area (Å²) >= 11 is 0. The van der Waals surface area contributed by atoms with Crippen molar-refractivity contribution in [3.63, 3.8) is 0 Å². The molecule has 4 rings (SSSR count). The van der Waals surface area contributed by atoms with Crippen LogP contribution >= 0.6 is 0 Å². The Bertz CT molecular complexity index is 846. The van der Waals surface area contributed by atoms with E-state index in [9.17, 15) is 4.79 Å². The highest BCUT2D eigenvalue weighted by atomic mass is 16.2. The van der Waals surface area contributed by atoms with Crippen molar-refractivity contribution < 1.29 is 4.79 Å². The molecule has 0 unspecified atom stereocenters. The molecule has 0 atom stereocenters. The van der Waals surface area contributed by atoms with Crippen molar-refractivity contribution in [3.8, 4) is 11.3 Å². The van der Waals surface area contributed by atoms with E-state index in [1.54, 1.807) is 6.20 Å². The van der Waals surface area contributed by atoms with E-state index in [1.807, 2.05) is 59.5 Å². The molecule has 1 saturated heterocycles. The molecular formula is C20H21N5O. The second kappa shape index (κ2) is 7.39. The molecular weight excluding hydrogens is 326 g/mol. The highest BCUT2D eigenvalue weighted by Gasteiger charge is 2.21. The summed E-state index contributed by atoms with van der Waals surface area (Å²) < 4.78 is 0. The molecule has 1 aromatic carbocycles. The van der Waals surface area contributed by atoms with Gasteiger partial charge in [0.05, 0.1) is 5.69 Å². The molecule has 2 aromatic heterocycles. The predicted molar refractivity (Wildman–Crippen MR) is 101 cm³/mol. The van der Waals surface area contributed by atoms with Crippen molar-refractivity contribution in [2.24, 2.45) is 0 Å². The van der Waals surface area contributed by atoms with Crippen molar-refractivity contribution in [1.82, 2.24) is 20.1 Å². The Morgan fingerprint density at radius 3 is 2.50 bits per heavy atom. The van der Waals surface area contributed by atoms with E-state index in [-0.39, 0.29) is 5.91 Å². The Labute approximate surface area is 152 Å². The maximum Gasteiger partial charge on any atom is 0.270 e. The first kappa shape index (κ1) is 16.3. The van der Waals surface area contributed by atoms with Crippen molar-refractivity contribution in [1.29, 1.82) is 0 Å². The second-order valence-corrected chi connectivity index (χ2v) is 6.36. The minimum Gasteiger partial charge on any atom is -0.357 e. The zero-order chi connectivity index (χ0) is 17.8. The summed E-state index contributed by atoms with van der Waals surface area (Å²) in [7, 11) is 0. The van der Waals surface area contributed by atoms with Crippen LogP contribution in [0.15, 0.2) is 60.8 Å². The van der Waals surface area contributed by atoms with Gasteiger partial charge in [0.15, 0.2) is 5.82 Å². The zero-order valence-corrected chi connectivity index (χ0v) is 14.5. The lowest BCUT2D eigenvalue weighted by molar-refractivity contribution is 0.0762. The van der Waals surface area contributed by atoms with Gasteiger partial charge in [-0.3, -0.25) is 4.79 Å². The standard InChI is InChI=1S/C20H21N5O/c26-20(18-8-4-11-21-18)25-13-5-12-24(14-15-25)19-10-9-17(22-23-19)16-6-2-1-3-7-16/h1-4,6-11,21H,5,12-15H2. The highest BCUT2D eigenvalue weighted by molar-refractivity contribution is 5.92. The van der Waals surface area contributed by atoms with Crippen LogP contribution in [-0.2, 0) is 0 Å². The van der Waals surface area contributed by atoms with E-state index < -0.39 is 0 Å². The number of benzene rings is 1. The Morgan fingerprint density at radius 1 is 0.885 bits per heavy atom. The van der Waals surface area contributed by atoms with E-state index in [4.69, 9.17) is 0 Å². The maximum atomic E-state index is 12.5. The van der Waals surface area contributed by atoms with Gasteiger partial charge in [-0.25, -0.2) is 0 Å². The molecule has 0 radical (unpaired) electrons. The van der Waals surface area contributed by atoms with Gasteiger partial charge in [-0.05, 0) is 30.7 Å². The van der Waals surface area contributed by atoms with Crippen molar-refractivity contribution >= 4 is 11.7 Å². The third-order valence-electron chi connectivity index (χ3n) is 4.66. The van der Waals surface area contributed by atoms with Crippen LogP contribution in [0.2, 0.25) is 0 Å². The molecule has 3 heterocycles. The molecule has 6 nitrogen and oxygen atoms in total. The van der Waals surface area contributed by atoms with Gasteiger partial charge in [0.2, 0.25) is 0 Å². The molecule has 1 amide bonds. The van der Waals surface area contributed by atoms with Crippen molar-refractivity contribution in [3.05, 3.63) is 66.5 Å². The molecule has 3 aromatic rings. The number of nitrogens with one attached hydrogen (secondary N) is 1. The number of aromatic nitrogens is 3. The third-order valence-corrected chi connectivity index (χ3v) is 4.66. The SMILES string of the molecule is O=C(c1ccc[nH]1)N1CCCN(c2ccc(-c3ccccc3)nn2)CC1. The monoisotopic (exact) mass is 347 g/mol. The Balaban J connectivity index is 1.43. The van der Waals surface area contributed by atoms with Gasteiger partial charge in [-0.2, -0.15) is 0 Å². The third kappa shape index (κ3) is 3.44. The van der Waals surface area contributed by atoms with Crippen LogP contribution in [0.1, 0.15) is 16.9 Å². The van der Waals surface area contributed by atoms with Crippen molar-refractivity contribution in [2.75, 3.05) is 31.1 Å². The molecule has 0 aliphatic carbocycles. The Hall–Kier alpha value is -3.15. The molecule has 1 aliphatic rings. The first-order chi connectivity index (χ1) is 12.8. The number of rotatable bonds is 3. The van der Waals surface area contributed by atoms with Crippen LogP contribution in [-0.4, -0.2) is 52.2 Å². The summed E-state index contributed by atoms with van der Waals surface area (Å²) in [4.78, 5) is 19.6. The fourth-order valence-corrected chi connectivity index (χ4v) is 3.24. The van der Waals surface area contributed by atoms with Gasteiger partial charge in [0, 0.05) is 37.9 Å². The Kier molecular flexibility index (Phi) is 4.64. The lowest BCUT2D eigenvalue weighted by Crippen LogP contribution is -2.35. The largest absolute Gasteiger partial charge is 0.357 e. The molecule has 6 heteroatoms. The first-order valence-corrected chi connectivity index (χ1v) is 8.88. The zero-order valence-electron chi connectivity index (χ0n) is 14.5. The van der Waals surface area contributed by atoms with Crippen LogP contribution in [0.4, 0.5) is 5.82 Å². The molecule has 0 saturated carbocycles. The smallest absolute Gasteiger partial charge is 0.270 e. The van der Waals surface area contributed by atoms with Crippen LogP contribution in [0.5, 0.6) is 0 Å². The number of anilines is 1. The summed E-state index contributed by atoms with van der Waals surface area (Å²) in [6.07, 6.45) is 2.69. The van der Waals surface area contributed by atoms with Gasteiger partial charge in [0.1, 0.15) is 5.69 Å². The molecule has 0 bridgehead atoms. The lowest BCUT2D eigenvalue weighted by atomic mass is 10.1. The normalized spacial score (nSPS) is 14.9.